The summed E-state index contributed by atoms with van der Waals surface area (Å²) in [6, 6.07) is 29.4. The molecule has 0 fully saturated rings. The molecule has 3 heterocycles. The molecule has 1 aliphatic heterocycles. The summed E-state index contributed by atoms with van der Waals surface area (Å²) in [4.78, 5) is 29.4. The highest BCUT2D eigenvalue weighted by Crippen LogP contribution is 2.42. The quantitative estimate of drug-likeness (QED) is 0.242. The molecule has 7 heteroatoms. The molecular weight excluding hydrogens is 492 g/mol. The van der Waals surface area contributed by atoms with Crippen molar-refractivity contribution in [1.29, 1.82) is 0 Å². The van der Waals surface area contributed by atoms with Crippen LogP contribution in [0.1, 0.15) is 39.0 Å². The van der Waals surface area contributed by atoms with E-state index >= 15 is 0 Å². The number of aryl methyl sites for hydroxylation is 1. The summed E-state index contributed by atoms with van der Waals surface area (Å²) in [7, 11) is 0. The minimum absolute atomic E-state index is 0.00473. The first-order chi connectivity index (χ1) is 19.1. The predicted octanol–water partition coefficient (Wildman–Crippen LogP) is 6.57. The molecule has 1 atom stereocenters. The van der Waals surface area contributed by atoms with Gasteiger partial charge in [-0.3, -0.25) is 14.5 Å². The maximum atomic E-state index is 14.1. The van der Waals surface area contributed by atoms with Gasteiger partial charge in [0.2, 0.25) is 5.76 Å². The van der Waals surface area contributed by atoms with Crippen LogP contribution in [0.15, 0.2) is 111 Å². The van der Waals surface area contributed by atoms with Crippen molar-refractivity contribution in [2.75, 3.05) is 4.90 Å². The lowest BCUT2D eigenvalue weighted by Crippen LogP contribution is -2.29. The average molecular weight is 515 g/mol. The summed E-state index contributed by atoms with van der Waals surface area (Å²) in [5, 5.41) is 6.21. The highest BCUT2D eigenvalue weighted by Gasteiger charge is 2.45. The second-order valence-electron chi connectivity index (χ2n) is 9.56. The largest absolute Gasteiger partial charge is 0.489 e. The van der Waals surface area contributed by atoms with Gasteiger partial charge in [-0.25, -0.2) is 0 Å². The molecule has 39 heavy (non-hydrogen) atoms. The van der Waals surface area contributed by atoms with Crippen molar-refractivity contribution in [1.82, 2.24) is 5.16 Å². The van der Waals surface area contributed by atoms with Crippen LogP contribution in [0.25, 0.3) is 21.7 Å². The Kier molecular flexibility index (Phi) is 5.30. The Morgan fingerprint density at radius 1 is 0.872 bits per heavy atom. The number of benzene rings is 4. The molecule has 0 spiro atoms. The summed E-state index contributed by atoms with van der Waals surface area (Å²) in [5.41, 5.74) is 2.13. The van der Waals surface area contributed by atoms with Crippen molar-refractivity contribution in [3.63, 3.8) is 0 Å². The molecule has 0 bridgehead atoms. The van der Waals surface area contributed by atoms with Crippen molar-refractivity contribution in [3.05, 3.63) is 135 Å². The lowest BCUT2D eigenvalue weighted by atomic mass is 9.97. The summed E-state index contributed by atoms with van der Waals surface area (Å²) in [6.07, 6.45) is 0. The van der Waals surface area contributed by atoms with Gasteiger partial charge in [0, 0.05) is 11.5 Å². The fourth-order valence-electron chi connectivity index (χ4n) is 5.23. The third-order valence-corrected chi connectivity index (χ3v) is 7.05. The number of nitrogens with zero attached hydrogens (tertiary/aromatic N) is 2. The van der Waals surface area contributed by atoms with Crippen molar-refractivity contribution in [2.45, 2.75) is 19.6 Å². The van der Waals surface area contributed by atoms with Gasteiger partial charge in [-0.15, -0.1) is 0 Å². The van der Waals surface area contributed by atoms with Gasteiger partial charge < -0.3 is 13.7 Å². The van der Waals surface area contributed by atoms with E-state index in [4.69, 9.17) is 13.7 Å². The van der Waals surface area contributed by atoms with Gasteiger partial charge in [0.05, 0.1) is 17.0 Å². The second kappa shape index (κ2) is 8.99. The lowest BCUT2D eigenvalue weighted by Gasteiger charge is -2.23. The van der Waals surface area contributed by atoms with Crippen molar-refractivity contribution in [2.24, 2.45) is 0 Å². The SMILES string of the molecule is Cc1cc(N2C(=O)c3oc4c(ccc5ccccc54)c(=O)c3C2c2cccc(OCc3ccccc3)c2)no1. The molecule has 1 unspecified atom stereocenters. The number of ether oxygens (including phenoxy) is 1. The number of rotatable bonds is 5. The van der Waals surface area contributed by atoms with Gasteiger partial charge in [0.25, 0.3) is 5.91 Å². The zero-order chi connectivity index (χ0) is 26.5. The Hall–Kier alpha value is -5.17. The number of hydrogen-bond donors (Lipinski definition) is 0. The van der Waals surface area contributed by atoms with Crippen LogP contribution in [-0.2, 0) is 6.61 Å². The van der Waals surface area contributed by atoms with Crippen LogP contribution in [0.2, 0.25) is 0 Å². The third-order valence-electron chi connectivity index (χ3n) is 7.05. The zero-order valence-corrected chi connectivity index (χ0v) is 21.0. The normalized spacial score (nSPS) is 14.7. The van der Waals surface area contributed by atoms with E-state index in [0.717, 1.165) is 16.3 Å². The van der Waals surface area contributed by atoms with Crippen molar-refractivity contribution >= 4 is 33.5 Å². The fraction of sp³-hybridized carbons (Fsp3) is 0.0938. The van der Waals surface area contributed by atoms with Crippen molar-refractivity contribution in [3.8, 4) is 5.75 Å². The van der Waals surface area contributed by atoms with Gasteiger partial charge in [-0.2, -0.15) is 0 Å². The Morgan fingerprint density at radius 2 is 1.69 bits per heavy atom. The molecule has 0 radical (unpaired) electrons. The van der Waals surface area contributed by atoms with Crippen LogP contribution in [0.5, 0.6) is 5.75 Å². The van der Waals surface area contributed by atoms with Crippen LogP contribution in [-0.4, -0.2) is 11.1 Å². The van der Waals surface area contributed by atoms with E-state index in [9.17, 15) is 9.59 Å². The van der Waals surface area contributed by atoms with E-state index in [1.807, 2.05) is 84.9 Å². The molecule has 0 saturated heterocycles. The molecule has 0 N–H and O–H groups in total. The molecule has 1 aliphatic rings. The van der Waals surface area contributed by atoms with E-state index < -0.39 is 11.9 Å². The minimum Gasteiger partial charge on any atom is -0.489 e. The molecule has 0 saturated carbocycles. The summed E-state index contributed by atoms with van der Waals surface area (Å²) < 4.78 is 17.6. The van der Waals surface area contributed by atoms with E-state index in [2.05, 4.69) is 5.16 Å². The summed E-state index contributed by atoms with van der Waals surface area (Å²) >= 11 is 0. The first-order valence-corrected chi connectivity index (χ1v) is 12.6. The second-order valence-corrected chi connectivity index (χ2v) is 9.56. The molecule has 0 aliphatic carbocycles. The van der Waals surface area contributed by atoms with Gasteiger partial charge >= 0.3 is 0 Å². The Bertz CT molecular complexity index is 1940. The molecule has 2 aromatic heterocycles. The number of aromatic nitrogens is 1. The summed E-state index contributed by atoms with van der Waals surface area (Å²) in [6.45, 7) is 2.14. The lowest BCUT2D eigenvalue weighted by molar-refractivity contribution is 0.0969. The van der Waals surface area contributed by atoms with E-state index in [1.165, 1.54) is 4.90 Å². The topological polar surface area (TPSA) is 85.8 Å². The van der Waals surface area contributed by atoms with Crippen LogP contribution in [0.3, 0.4) is 0 Å². The van der Waals surface area contributed by atoms with E-state index in [1.54, 1.807) is 19.1 Å². The van der Waals surface area contributed by atoms with Crippen LogP contribution in [0.4, 0.5) is 5.82 Å². The predicted molar refractivity (Wildman–Crippen MR) is 147 cm³/mol. The highest BCUT2D eigenvalue weighted by atomic mass is 16.5. The van der Waals surface area contributed by atoms with Gasteiger partial charge in [0.15, 0.2) is 11.2 Å². The minimum atomic E-state index is -0.774. The van der Waals surface area contributed by atoms with Gasteiger partial charge in [-0.05, 0) is 41.6 Å². The fourth-order valence-corrected chi connectivity index (χ4v) is 5.23. The molecular formula is C32H22N2O5. The molecule has 6 aromatic rings. The zero-order valence-electron chi connectivity index (χ0n) is 21.0. The number of anilines is 1. The Balaban J connectivity index is 1.40. The third kappa shape index (κ3) is 3.78. The van der Waals surface area contributed by atoms with Gasteiger partial charge in [0.1, 0.15) is 23.7 Å². The number of amides is 1. The Morgan fingerprint density at radius 3 is 2.51 bits per heavy atom. The monoisotopic (exact) mass is 514 g/mol. The van der Waals surface area contributed by atoms with Crippen LogP contribution >= 0.6 is 0 Å². The molecule has 7 nitrogen and oxygen atoms in total. The molecule has 1 amide bonds. The smallest absolute Gasteiger partial charge is 0.296 e. The first kappa shape index (κ1) is 23.0. The van der Waals surface area contributed by atoms with Gasteiger partial charge in [-0.1, -0.05) is 78.0 Å². The average Bonchev–Trinajstić information content (AvgIpc) is 3.53. The van der Waals surface area contributed by atoms with Crippen molar-refractivity contribution < 1.29 is 18.5 Å². The molecule has 190 valence electrons. The number of carbonyl (C=O) groups is 1. The number of hydrogen-bond acceptors (Lipinski definition) is 6. The molecule has 4 aromatic carbocycles. The summed E-state index contributed by atoms with van der Waals surface area (Å²) in [5.74, 6) is 1.02. The maximum absolute atomic E-state index is 14.1. The maximum Gasteiger partial charge on any atom is 0.296 e. The first-order valence-electron chi connectivity index (χ1n) is 12.6. The van der Waals surface area contributed by atoms with Crippen LogP contribution in [0, 0.1) is 6.92 Å². The Labute approximate surface area is 222 Å². The number of carbonyl (C=O) groups excluding carboxylic acids is 1. The van der Waals surface area contributed by atoms with E-state index in [-0.39, 0.29) is 16.8 Å². The van der Waals surface area contributed by atoms with Crippen LogP contribution < -0.4 is 15.1 Å². The highest BCUT2D eigenvalue weighted by molar-refractivity contribution is 6.12. The molecule has 7 rings (SSSR count). The standard InChI is InChI=1S/C32H22N2O5/c1-19-16-26(33-39-19)34-28(22-11-7-12-23(17-22)37-18-20-8-3-2-4-9-20)27-29(35)25-15-14-21-10-5-6-13-24(21)30(25)38-31(27)32(34)36/h2-17,28H,18H2,1H3. The van der Waals surface area contributed by atoms with E-state index in [0.29, 0.717) is 40.5 Å². The number of fused-ring (bicyclic) bond motifs is 4.